The fourth-order valence-electron chi connectivity index (χ4n) is 1.17. The Morgan fingerprint density at radius 1 is 1.07 bits per heavy atom. The molecule has 0 aromatic carbocycles. The molecule has 14 heavy (non-hydrogen) atoms. The van der Waals surface area contributed by atoms with Crippen LogP contribution in [0.15, 0.2) is 9.98 Å². The molecule has 0 saturated heterocycles. The highest BCUT2D eigenvalue weighted by Crippen LogP contribution is 1.91. The molecule has 6 heteroatoms. The molecular formula is C8H20ClN5. The molecule has 0 heterocycles. The van der Waals surface area contributed by atoms with Gasteiger partial charge in [0, 0.05) is 42.3 Å². The Labute approximate surface area is 92.3 Å². The SMILES string of the molecule is CN=C(NC)N(C)C(=NC)N(C)C.Cl. The second-order valence-electron chi connectivity index (χ2n) is 2.77. The molecule has 0 aliphatic heterocycles. The molecule has 0 radical (unpaired) electrons. The van der Waals surface area contributed by atoms with Gasteiger partial charge in [-0.1, -0.05) is 0 Å². The average Bonchev–Trinajstić information content (AvgIpc) is 2.07. The summed E-state index contributed by atoms with van der Waals surface area (Å²) in [6.45, 7) is 0. The van der Waals surface area contributed by atoms with Crippen molar-refractivity contribution in [1.29, 1.82) is 0 Å². The summed E-state index contributed by atoms with van der Waals surface area (Å²) in [5, 5.41) is 2.99. The summed E-state index contributed by atoms with van der Waals surface area (Å²) in [5.74, 6) is 1.64. The number of nitrogens with zero attached hydrogens (tertiary/aromatic N) is 4. The topological polar surface area (TPSA) is 43.2 Å². The van der Waals surface area contributed by atoms with Gasteiger partial charge in [0.25, 0.3) is 0 Å². The van der Waals surface area contributed by atoms with E-state index in [1.807, 2.05) is 38.0 Å². The number of rotatable bonds is 0. The van der Waals surface area contributed by atoms with Crippen molar-refractivity contribution in [3.8, 4) is 0 Å². The second kappa shape index (κ2) is 7.44. The van der Waals surface area contributed by atoms with E-state index in [-0.39, 0.29) is 12.4 Å². The zero-order valence-corrected chi connectivity index (χ0v) is 10.5. The lowest BCUT2D eigenvalue weighted by molar-refractivity contribution is 0.523. The van der Waals surface area contributed by atoms with Crippen molar-refractivity contribution >= 4 is 24.3 Å². The molecule has 0 aliphatic rings. The summed E-state index contributed by atoms with van der Waals surface area (Å²) in [7, 11) is 11.1. The lowest BCUT2D eigenvalue weighted by atomic mass is 10.6. The molecule has 0 spiro atoms. The van der Waals surface area contributed by atoms with Gasteiger partial charge in [-0.25, -0.2) is 0 Å². The Kier molecular flexibility index (Phi) is 8.23. The molecule has 5 nitrogen and oxygen atoms in total. The standard InChI is InChI=1S/C8H19N5.ClH/c1-9-7(10-2)13(6)8(11-3)12(4)5;/h1-6H3,(H,9,10);1H. The van der Waals surface area contributed by atoms with Gasteiger partial charge in [0.05, 0.1) is 0 Å². The van der Waals surface area contributed by atoms with E-state index in [9.17, 15) is 0 Å². The van der Waals surface area contributed by atoms with Gasteiger partial charge in [-0.3, -0.25) is 14.9 Å². The van der Waals surface area contributed by atoms with Crippen LogP contribution in [0.2, 0.25) is 0 Å². The minimum atomic E-state index is 0. The van der Waals surface area contributed by atoms with Crippen LogP contribution >= 0.6 is 12.4 Å². The summed E-state index contributed by atoms with van der Waals surface area (Å²) >= 11 is 0. The van der Waals surface area contributed by atoms with Crippen LogP contribution in [0.3, 0.4) is 0 Å². The first-order chi connectivity index (χ1) is 6.08. The van der Waals surface area contributed by atoms with Crippen LogP contribution in [0.4, 0.5) is 0 Å². The molecule has 0 unspecified atom stereocenters. The predicted octanol–water partition coefficient (Wildman–Crippen LogP) is 0.0926. The third-order valence-electron chi connectivity index (χ3n) is 1.65. The fraction of sp³-hybridized carbons (Fsp3) is 0.750. The van der Waals surface area contributed by atoms with Gasteiger partial charge >= 0.3 is 0 Å². The monoisotopic (exact) mass is 221 g/mol. The van der Waals surface area contributed by atoms with E-state index in [0.29, 0.717) is 0 Å². The van der Waals surface area contributed by atoms with Gasteiger partial charge in [-0.05, 0) is 0 Å². The molecule has 0 rings (SSSR count). The summed E-state index contributed by atoms with van der Waals surface area (Å²) in [6, 6.07) is 0. The minimum Gasteiger partial charge on any atom is -0.359 e. The quantitative estimate of drug-likeness (QED) is 0.466. The molecule has 0 aliphatic carbocycles. The number of hydrogen-bond donors (Lipinski definition) is 1. The molecule has 84 valence electrons. The second-order valence-corrected chi connectivity index (χ2v) is 2.77. The third-order valence-corrected chi connectivity index (χ3v) is 1.65. The number of nitrogens with one attached hydrogen (secondary N) is 1. The Hall–Kier alpha value is -0.970. The van der Waals surface area contributed by atoms with Crippen molar-refractivity contribution in [2.75, 3.05) is 42.3 Å². The van der Waals surface area contributed by atoms with Gasteiger partial charge in [0.1, 0.15) is 0 Å². The fourth-order valence-corrected chi connectivity index (χ4v) is 1.17. The molecule has 0 amide bonds. The Bertz CT molecular complexity index is 212. The Balaban J connectivity index is 0. The van der Waals surface area contributed by atoms with Gasteiger partial charge in [0.2, 0.25) is 5.96 Å². The van der Waals surface area contributed by atoms with Crippen LogP contribution in [0.5, 0.6) is 0 Å². The maximum Gasteiger partial charge on any atom is 0.202 e. The van der Waals surface area contributed by atoms with E-state index in [2.05, 4.69) is 15.3 Å². The smallest absolute Gasteiger partial charge is 0.202 e. The van der Waals surface area contributed by atoms with E-state index in [0.717, 1.165) is 11.9 Å². The summed E-state index contributed by atoms with van der Waals surface area (Å²) < 4.78 is 0. The first kappa shape index (κ1) is 15.5. The van der Waals surface area contributed by atoms with E-state index < -0.39 is 0 Å². The first-order valence-corrected chi connectivity index (χ1v) is 4.10. The zero-order chi connectivity index (χ0) is 10.4. The maximum absolute atomic E-state index is 4.15. The normalized spacial score (nSPS) is 11.9. The highest BCUT2D eigenvalue weighted by atomic mass is 35.5. The summed E-state index contributed by atoms with van der Waals surface area (Å²) in [4.78, 5) is 12.1. The van der Waals surface area contributed by atoms with Gasteiger partial charge in [-0.15, -0.1) is 12.4 Å². The van der Waals surface area contributed by atoms with Crippen LogP contribution in [0, 0.1) is 0 Å². The maximum atomic E-state index is 4.15. The van der Waals surface area contributed by atoms with E-state index in [1.54, 1.807) is 14.1 Å². The van der Waals surface area contributed by atoms with Crippen molar-refractivity contribution in [3.05, 3.63) is 0 Å². The first-order valence-electron chi connectivity index (χ1n) is 4.10. The molecular weight excluding hydrogens is 202 g/mol. The average molecular weight is 222 g/mol. The zero-order valence-electron chi connectivity index (χ0n) is 9.70. The lowest BCUT2D eigenvalue weighted by Gasteiger charge is -2.26. The molecule has 0 atom stereocenters. The summed E-state index contributed by atoms with van der Waals surface area (Å²) in [6.07, 6.45) is 0. The molecule has 0 bridgehead atoms. The van der Waals surface area contributed by atoms with Crippen molar-refractivity contribution in [1.82, 2.24) is 15.1 Å². The number of guanidine groups is 2. The van der Waals surface area contributed by atoms with Crippen molar-refractivity contribution in [3.63, 3.8) is 0 Å². The molecule has 0 aromatic rings. The van der Waals surface area contributed by atoms with E-state index in [1.165, 1.54) is 0 Å². The van der Waals surface area contributed by atoms with Crippen LogP contribution in [-0.4, -0.2) is 64.0 Å². The van der Waals surface area contributed by atoms with Gasteiger partial charge < -0.3 is 10.2 Å². The summed E-state index contributed by atoms with van der Waals surface area (Å²) in [5.41, 5.74) is 0. The molecule has 0 saturated carbocycles. The van der Waals surface area contributed by atoms with Crippen LogP contribution < -0.4 is 5.32 Å². The molecule has 1 N–H and O–H groups in total. The predicted molar refractivity (Wildman–Crippen MR) is 64.5 cm³/mol. The highest BCUT2D eigenvalue weighted by molar-refractivity contribution is 5.97. The van der Waals surface area contributed by atoms with Crippen LogP contribution in [0.25, 0.3) is 0 Å². The Morgan fingerprint density at radius 2 is 1.57 bits per heavy atom. The number of aliphatic imine (C=N–C) groups is 2. The molecule has 0 aromatic heterocycles. The van der Waals surface area contributed by atoms with E-state index in [4.69, 9.17) is 0 Å². The van der Waals surface area contributed by atoms with E-state index >= 15 is 0 Å². The third kappa shape index (κ3) is 3.83. The Morgan fingerprint density at radius 3 is 1.79 bits per heavy atom. The number of halogens is 1. The van der Waals surface area contributed by atoms with Crippen molar-refractivity contribution in [2.45, 2.75) is 0 Å². The molecule has 0 fully saturated rings. The largest absolute Gasteiger partial charge is 0.359 e. The van der Waals surface area contributed by atoms with Crippen molar-refractivity contribution < 1.29 is 0 Å². The van der Waals surface area contributed by atoms with Gasteiger partial charge in [-0.2, -0.15) is 0 Å². The lowest BCUT2D eigenvalue weighted by Crippen LogP contribution is -2.46. The van der Waals surface area contributed by atoms with Gasteiger partial charge in [0.15, 0.2) is 5.96 Å². The van der Waals surface area contributed by atoms with Crippen LogP contribution in [0.1, 0.15) is 0 Å². The van der Waals surface area contributed by atoms with Crippen LogP contribution in [-0.2, 0) is 0 Å². The van der Waals surface area contributed by atoms with Crippen molar-refractivity contribution in [2.24, 2.45) is 9.98 Å². The highest BCUT2D eigenvalue weighted by Gasteiger charge is 2.11. The minimum absolute atomic E-state index is 0. The number of hydrogen-bond acceptors (Lipinski definition) is 2.